The second-order valence-electron chi connectivity index (χ2n) is 25.2. The molecule has 0 radical (unpaired) electrons. The monoisotopic (exact) mass is 1220 g/mol. The van der Waals surface area contributed by atoms with Gasteiger partial charge in [-0.05, 0) is 124 Å². The summed E-state index contributed by atoms with van der Waals surface area (Å²) in [5.74, 6) is 2.06. The summed E-state index contributed by atoms with van der Waals surface area (Å²) in [6, 6.07) is 113. The Morgan fingerprint density at radius 2 is 0.573 bits per heavy atom. The van der Waals surface area contributed by atoms with Crippen LogP contribution in [0.5, 0.6) is 0 Å². The van der Waals surface area contributed by atoms with Crippen molar-refractivity contribution in [1.82, 2.24) is 28.2 Å². The van der Waals surface area contributed by atoms with E-state index in [1.165, 1.54) is 0 Å². The molecule has 7 aromatic heterocycles. The van der Waals surface area contributed by atoms with Gasteiger partial charge in [-0.25, -0.2) is 0 Å². The number of hydrogen-bond acceptors (Lipinski definition) is 4. The molecule has 14 aromatic carbocycles. The van der Waals surface area contributed by atoms with Gasteiger partial charge < -0.3 is 13.4 Å². The first-order valence-corrected chi connectivity index (χ1v) is 32.6. The first-order valence-electron chi connectivity index (χ1n) is 32.6. The molecule has 0 atom stereocenters. The van der Waals surface area contributed by atoms with Crippen molar-refractivity contribution < 1.29 is 8.83 Å². The molecule has 8 heteroatoms. The SMILES string of the molecule is c1ccc(-c2ccc3oc4c(-c5cc(-c6cccc7c6oc6ccc(-c8ccccc8)cc67)cc(-n6c7ccccc7c7cc8c9ccccc9n(-c9nc(-n%10c%11ccccc%11c%11ccccc%11%10)cc(-n%10c%11ccccc%11c%11ccccc%11%10)n9)c8cc76)c5)cccc4c3c2)cc1. The van der Waals surface area contributed by atoms with Crippen LogP contribution in [0.1, 0.15) is 0 Å². The lowest BCUT2D eigenvalue weighted by atomic mass is 9.95. The fraction of sp³-hybridized carbons (Fsp3) is 0. The zero-order valence-electron chi connectivity index (χ0n) is 51.5. The summed E-state index contributed by atoms with van der Waals surface area (Å²) in [6.45, 7) is 0. The number of fused-ring (bicyclic) bond motifs is 18. The Hall–Kier alpha value is -13.0. The summed E-state index contributed by atoms with van der Waals surface area (Å²) in [6.07, 6.45) is 0. The molecular weight excluding hydrogens is 1170 g/mol. The highest BCUT2D eigenvalue weighted by molar-refractivity contribution is 6.20. The number of hydrogen-bond donors (Lipinski definition) is 0. The first-order chi connectivity index (χ1) is 47.6. The summed E-state index contributed by atoms with van der Waals surface area (Å²) in [4.78, 5) is 11.6. The van der Waals surface area contributed by atoms with Crippen molar-refractivity contribution in [2.75, 3.05) is 0 Å². The fourth-order valence-corrected chi connectivity index (χ4v) is 15.7. The maximum atomic E-state index is 7.04. The molecule has 21 aromatic rings. The molecule has 0 aliphatic rings. The van der Waals surface area contributed by atoms with Gasteiger partial charge in [0.15, 0.2) is 0 Å². The van der Waals surface area contributed by atoms with Crippen molar-refractivity contribution in [2.45, 2.75) is 0 Å². The van der Waals surface area contributed by atoms with E-state index in [4.69, 9.17) is 18.8 Å². The number of aromatic nitrogens is 6. The van der Waals surface area contributed by atoms with Crippen LogP contribution in [0, 0.1) is 0 Å². The van der Waals surface area contributed by atoms with Crippen LogP contribution in [-0.4, -0.2) is 28.2 Å². The zero-order chi connectivity index (χ0) is 62.7. The van der Waals surface area contributed by atoms with Crippen molar-refractivity contribution in [1.29, 1.82) is 0 Å². The molecule has 446 valence electrons. The molecule has 7 heterocycles. The molecule has 0 spiro atoms. The van der Waals surface area contributed by atoms with Gasteiger partial charge in [-0.2, -0.15) is 9.97 Å². The molecule has 0 N–H and O–H groups in total. The summed E-state index contributed by atoms with van der Waals surface area (Å²) in [5.41, 5.74) is 21.2. The molecule has 0 saturated carbocycles. The lowest BCUT2D eigenvalue weighted by Crippen LogP contribution is -2.10. The van der Waals surface area contributed by atoms with Crippen molar-refractivity contribution in [3.63, 3.8) is 0 Å². The summed E-state index contributed by atoms with van der Waals surface area (Å²) in [7, 11) is 0. The molecule has 21 rings (SSSR count). The first kappa shape index (κ1) is 52.6. The van der Waals surface area contributed by atoms with Gasteiger partial charge in [-0.15, -0.1) is 0 Å². The Labute approximate surface area is 548 Å². The third-order valence-electron chi connectivity index (χ3n) is 20.0. The van der Waals surface area contributed by atoms with Gasteiger partial charge in [-0.1, -0.05) is 218 Å². The second kappa shape index (κ2) is 20.2. The van der Waals surface area contributed by atoms with Crippen LogP contribution >= 0.6 is 0 Å². The quantitative estimate of drug-likeness (QED) is 0.152. The highest BCUT2D eigenvalue weighted by atomic mass is 16.3. The predicted octanol–water partition coefficient (Wildman–Crippen LogP) is 23.3. The van der Waals surface area contributed by atoms with E-state index in [0.29, 0.717) is 5.95 Å². The maximum Gasteiger partial charge on any atom is 0.238 e. The summed E-state index contributed by atoms with van der Waals surface area (Å²) < 4.78 is 23.4. The van der Waals surface area contributed by atoms with E-state index in [1.807, 2.05) is 0 Å². The van der Waals surface area contributed by atoms with Gasteiger partial charge in [0, 0.05) is 87.5 Å². The third-order valence-corrected chi connectivity index (χ3v) is 20.0. The smallest absolute Gasteiger partial charge is 0.238 e. The highest BCUT2D eigenvalue weighted by Crippen LogP contribution is 2.46. The molecule has 0 aliphatic heterocycles. The van der Waals surface area contributed by atoms with Crippen LogP contribution in [-0.2, 0) is 0 Å². The van der Waals surface area contributed by atoms with E-state index < -0.39 is 0 Å². The minimum Gasteiger partial charge on any atom is -0.455 e. The van der Waals surface area contributed by atoms with E-state index in [0.717, 1.165) is 193 Å². The number of benzene rings is 14. The van der Waals surface area contributed by atoms with Gasteiger partial charge in [0.25, 0.3) is 0 Å². The standard InChI is InChI=1S/C88H52N6O2/c1-3-21-53(22-4-1)55-41-43-82-72(48-55)68-33-19-31-60(86(68)95-82)57-45-58(61-32-20-34-69-73-49-56(54-23-5-2-6-24-54)42-44-83(73)96-87(61)69)47-59(46-57)91-74-35-13-11-29-66(74)70-50-71-67-30-12-18-40-79(67)94(81(71)51-80(70)91)88-89-84(92-75-36-14-7-25-62(75)63-26-8-15-37-76(63)92)52-85(90-88)93-77-38-16-9-27-64(77)65-28-10-17-39-78(65)93/h1-52H. The average molecular weight is 1230 g/mol. The second-order valence-corrected chi connectivity index (χ2v) is 25.2. The van der Waals surface area contributed by atoms with Crippen molar-refractivity contribution in [3.05, 3.63) is 315 Å². The fourth-order valence-electron chi connectivity index (χ4n) is 15.7. The Morgan fingerprint density at radius 3 is 1.01 bits per heavy atom. The van der Waals surface area contributed by atoms with E-state index in [-0.39, 0.29) is 0 Å². The Morgan fingerprint density at radius 1 is 0.208 bits per heavy atom. The van der Waals surface area contributed by atoms with Crippen molar-refractivity contribution in [2.24, 2.45) is 0 Å². The third kappa shape index (κ3) is 7.72. The molecule has 0 fully saturated rings. The van der Waals surface area contributed by atoms with Crippen LogP contribution in [0.2, 0.25) is 0 Å². The van der Waals surface area contributed by atoms with Gasteiger partial charge >= 0.3 is 0 Å². The molecular formula is C88H52N6O2. The number of rotatable bonds is 8. The predicted molar refractivity (Wildman–Crippen MR) is 396 cm³/mol. The molecule has 0 bridgehead atoms. The zero-order valence-corrected chi connectivity index (χ0v) is 51.5. The molecule has 0 aliphatic carbocycles. The van der Waals surface area contributed by atoms with E-state index >= 15 is 0 Å². The van der Waals surface area contributed by atoms with Gasteiger partial charge in [-0.3, -0.25) is 13.7 Å². The minimum atomic E-state index is 0.549. The lowest BCUT2D eigenvalue weighted by molar-refractivity contribution is 0.670. The van der Waals surface area contributed by atoms with Crippen LogP contribution in [0.4, 0.5) is 0 Å². The largest absolute Gasteiger partial charge is 0.455 e. The Bertz CT molecular complexity index is 6420. The van der Waals surface area contributed by atoms with Gasteiger partial charge in [0.2, 0.25) is 5.95 Å². The Kier molecular flexibility index (Phi) is 11.1. The number of para-hydroxylation sites is 8. The molecule has 8 nitrogen and oxygen atoms in total. The normalized spacial score (nSPS) is 12.2. The highest BCUT2D eigenvalue weighted by Gasteiger charge is 2.26. The number of furan rings is 2. The van der Waals surface area contributed by atoms with E-state index in [1.54, 1.807) is 0 Å². The topological polar surface area (TPSA) is 71.8 Å². The van der Waals surface area contributed by atoms with Crippen molar-refractivity contribution >= 4 is 131 Å². The van der Waals surface area contributed by atoms with Crippen LogP contribution in [0.15, 0.2) is 324 Å². The van der Waals surface area contributed by atoms with E-state index in [9.17, 15) is 0 Å². The van der Waals surface area contributed by atoms with Crippen LogP contribution in [0.25, 0.3) is 199 Å². The van der Waals surface area contributed by atoms with Crippen LogP contribution in [0.3, 0.4) is 0 Å². The van der Waals surface area contributed by atoms with Crippen molar-refractivity contribution in [3.8, 4) is 67.8 Å². The maximum absolute atomic E-state index is 7.04. The molecule has 0 amide bonds. The molecule has 96 heavy (non-hydrogen) atoms. The Balaban J connectivity index is 0.839. The summed E-state index contributed by atoms with van der Waals surface area (Å²) >= 11 is 0. The number of nitrogens with zero attached hydrogens (tertiary/aromatic N) is 6. The minimum absolute atomic E-state index is 0.549. The molecule has 0 unspecified atom stereocenters. The summed E-state index contributed by atoms with van der Waals surface area (Å²) in [5, 5.41) is 13.3. The van der Waals surface area contributed by atoms with Gasteiger partial charge in [0.05, 0.1) is 44.1 Å². The average Bonchev–Trinajstić information content (AvgIpc) is 1.55. The van der Waals surface area contributed by atoms with E-state index in [2.05, 4.69) is 334 Å². The van der Waals surface area contributed by atoms with Gasteiger partial charge in [0.1, 0.15) is 34.0 Å². The van der Waals surface area contributed by atoms with Crippen LogP contribution < -0.4 is 0 Å². The molecule has 0 saturated heterocycles. The lowest BCUT2D eigenvalue weighted by Gasteiger charge is -2.16.